The molecule has 0 unspecified atom stereocenters. The first-order valence-corrected chi connectivity index (χ1v) is 4.00. The molecule has 1 rings (SSSR count). The van der Waals surface area contributed by atoms with Gasteiger partial charge in [0.2, 0.25) is 0 Å². The van der Waals surface area contributed by atoms with E-state index in [4.69, 9.17) is 22.0 Å². The molecule has 0 heterocycles. The third kappa shape index (κ3) is 2.81. The fourth-order valence-corrected chi connectivity index (χ4v) is 0.812. The summed E-state index contributed by atoms with van der Waals surface area (Å²) in [6.07, 6.45) is 0. The summed E-state index contributed by atoms with van der Waals surface area (Å²) in [5.41, 5.74) is 0.375. The van der Waals surface area contributed by atoms with E-state index in [-0.39, 0.29) is 10.8 Å². The van der Waals surface area contributed by atoms with Crippen LogP contribution in [0.5, 0.6) is 5.75 Å². The Bertz CT molecular complexity index is 291. The van der Waals surface area contributed by atoms with E-state index in [1.807, 2.05) is 19.9 Å². The van der Waals surface area contributed by atoms with Gasteiger partial charge in [0, 0.05) is 0 Å². The normalized spacial score (nSPS) is 7.83. The lowest BCUT2D eigenvalue weighted by molar-refractivity contribution is 0.475. The zero-order valence-corrected chi connectivity index (χ0v) is 7.76. The molecular weight excluding hydrogens is 174 g/mol. The minimum Gasteiger partial charge on any atom is -0.508 e. The van der Waals surface area contributed by atoms with Crippen LogP contribution < -0.4 is 0 Å². The molecule has 0 saturated heterocycles. The summed E-state index contributed by atoms with van der Waals surface area (Å²) < 4.78 is 0. The SMILES string of the molecule is CC.N#Cc1ccc(O)cc1Cl. The first kappa shape index (κ1) is 10.8. The molecule has 0 spiro atoms. The van der Waals surface area contributed by atoms with Crippen molar-refractivity contribution in [2.45, 2.75) is 13.8 Å². The quantitative estimate of drug-likeness (QED) is 0.672. The molecule has 2 nitrogen and oxygen atoms in total. The summed E-state index contributed by atoms with van der Waals surface area (Å²) >= 11 is 5.55. The third-order valence-electron chi connectivity index (χ3n) is 1.07. The van der Waals surface area contributed by atoms with Gasteiger partial charge in [0.05, 0.1) is 10.6 Å². The van der Waals surface area contributed by atoms with Crippen LogP contribution in [0, 0.1) is 11.3 Å². The number of nitrogens with zero attached hydrogens (tertiary/aromatic N) is 1. The van der Waals surface area contributed by atoms with Crippen molar-refractivity contribution in [1.29, 1.82) is 5.26 Å². The van der Waals surface area contributed by atoms with Crippen LogP contribution in [-0.2, 0) is 0 Å². The molecule has 3 heteroatoms. The lowest BCUT2D eigenvalue weighted by Crippen LogP contribution is -1.74. The fourth-order valence-electron chi connectivity index (χ4n) is 0.595. The van der Waals surface area contributed by atoms with Gasteiger partial charge in [0.1, 0.15) is 11.8 Å². The van der Waals surface area contributed by atoms with Crippen molar-refractivity contribution in [2.24, 2.45) is 0 Å². The van der Waals surface area contributed by atoms with E-state index >= 15 is 0 Å². The van der Waals surface area contributed by atoms with Crippen molar-refractivity contribution in [2.75, 3.05) is 0 Å². The molecule has 1 aromatic rings. The lowest BCUT2D eigenvalue weighted by Gasteiger charge is -1.93. The highest BCUT2D eigenvalue weighted by Crippen LogP contribution is 2.20. The number of hydrogen-bond acceptors (Lipinski definition) is 2. The molecule has 0 bridgehead atoms. The number of benzene rings is 1. The number of rotatable bonds is 0. The second-order valence-electron chi connectivity index (χ2n) is 1.78. The number of phenols is 1. The summed E-state index contributed by atoms with van der Waals surface area (Å²) in [5.74, 6) is 0.0731. The maximum atomic E-state index is 8.84. The third-order valence-corrected chi connectivity index (χ3v) is 1.39. The van der Waals surface area contributed by atoms with Crippen LogP contribution in [0.2, 0.25) is 5.02 Å². The van der Waals surface area contributed by atoms with Crippen LogP contribution in [0.3, 0.4) is 0 Å². The number of nitriles is 1. The number of hydrogen-bond donors (Lipinski definition) is 1. The molecule has 0 aliphatic heterocycles. The predicted molar refractivity (Wildman–Crippen MR) is 49.2 cm³/mol. The lowest BCUT2D eigenvalue weighted by atomic mass is 10.2. The Balaban J connectivity index is 0.000000561. The first-order chi connectivity index (χ1) is 5.74. The number of halogens is 1. The van der Waals surface area contributed by atoms with Crippen molar-refractivity contribution in [3.05, 3.63) is 28.8 Å². The molecule has 0 aliphatic carbocycles. The monoisotopic (exact) mass is 183 g/mol. The Morgan fingerprint density at radius 2 is 2.00 bits per heavy atom. The Morgan fingerprint density at radius 3 is 2.42 bits per heavy atom. The molecule has 0 aromatic heterocycles. The van der Waals surface area contributed by atoms with E-state index in [2.05, 4.69) is 0 Å². The Morgan fingerprint density at radius 1 is 1.42 bits per heavy atom. The summed E-state index contributed by atoms with van der Waals surface area (Å²) in [6, 6.07) is 6.10. The molecule has 0 radical (unpaired) electrons. The number of phenolic OH excluding ortho intramolecular Hbond substituents is 1. The van der Waals surface area contributed by atoms with E-state index in [1.54, 1.807) is 0 Å². The predicted octanol–water partition coefficient (Wildman–Crippen LogP) is 2.94. The van der Waals surface area contributed by atoms with Crippen LogP contribution in [0.1, 0.15) is 19.4 Å². The van der Waals surface area contributed by atoms with E-state index in [9.17, 15) is 0 Å². The molecule has 64 valence electrons. The zero-order chi connectivity index (χ0) is 9.56. The van der Waals surface area contributed by atoms with Gasteiger partial charge in [-0.15, -0.1) is 0 Å². The molecule has 0 fully saturated rings. The van der Waals surface area contributed by atoms with Crippen LogP contribution in [0.15, 0.2) is 18.2 Å². The number of aromatic hydroxyl groups is 1. The average molecular weight is 184 g/mol. The van der Waals surface area contributed by atoms with Crippen LogP contribution in [0.25, 0.3) is 0 Å². The first-order valence-electron chi connectivity index (χ1n) is 3.62. The Hall–Kier alpha value is -1.20. The minimum atomic E-state index is 0.0731. The smallest absolute Gasteiger partial charge is 0.117 e. The van der Waals surface area contributed by atoms with E-state index in [1.165, 1.54) is 18.2 Å². The fraction of sp³-hybridized carbons (Fsp3) is 0.222. The van der Waals surface area contributed by atoms with E-state index in [0.717, 1.165) is 0 Å². The van der Waals surface area contributed by atoms with Crippen LogP contribution >= 0.6 is 11.6 Å². The Kier molecular flexibility index (Phi) is 4.91. The molecular formula is C9H10ClNO. The molecule has 1 aromatic carbocycles. The minimum absolute atomic E-state index is 0.0731. The van der Waals surface area contributed by atoms with Crippen molar-refractivity contribution in [1.82, 2.24) is 0 Å². The van der Waals surface area contributed by atoms with Gasteiger partial charge in [-0.3, -0.25) is 0 Å². The van der Waals surface area contributed by atoms with Gasteiger partial charge >= 0.3 is 0 Å². The molecule has 0 aliphatic rings. The summed E-state index contributed by atoms with van der Waals surface area (Å²) in [7, 11) is 0. The van der Waals surface area contributed by atoms with Crippen LogP contribution in [0.4, 0.5) is 0 Å². The van der Waals surface area contributed by atoms with Crippen molar-refractivity contribution >= 4 is 11.6 Å². The average Bonchev–Trinajstić information content (AvgIpc) is 2.08. The van der Waals surface area contributed by atoms with Gasteiger partial charge in [0.15, 0.2) is 0 Å². The molecule has 12 heavy (non-hydrogen) atoms. The van der Waals surface area contributed by atoms with Gasteiger partial charge in [-0.05, 0) is 18.2 Å². The molecule has 0 saturated carbocycles. The van der Waals surface area contributed by atoms with Crippen molar-refractivity contribution < 1.29 is 5.11 Å². The maximum Gasteiger partial charge on any atom is 0.117 e. The molecule has 0 amide bonds. The second kappa shape index (κ2) is 5.45. The zero-order valence-electron chi connectivity index (χ0n) is 7.00. The second-order valence-corrected chi connectivity index (χ2v) is 2.18. The maximum absolute atomic E-state index is 8.84. The van der Waals surface area contributed by atoms with E-state index in [0.29, 0.717) is 5.56 Å². The van der Waals surface area contributed by atoms with Gasteiger partial charge in [-0.1, -0.05) is 25.4 Å². The highest BCUT2D eigenvalue weighted by Gasteiger charge is 1.97. The topological polar surface area (TPSA) is 44.0 Å². The summed E-state index contributed by atoms with van der Waals surface area (Å²) in [6.45, 7) is 4.00. The molecule has 0 atom stereocenters. The van der Waals surface area contributed by atoms with E-state index < -0.39 is 0 Å². The molecule has 1 N–H and O–H groups in total. The van der Waals surface area contributed by atoms with Gasteiger partial charge in [0.25, 0.3) is 0 Å². The van der Waals surface area contributed by atoms with Crippen molar-refractivity contribution in [3.63, 3.8) is 0 Å². The largest absolute Gasteiger partial charge is 0.508 e. The van der Waals surface area contributed by atoms with Gasteiger partial charge in [-0.25, -0.2) is 0 Å². The Labute approximate surface area is 77.0 Å². The highest BCUT2D eigenvalue weighted by atomic mass is 35.5. The van der Waals surface area contributed by atoms with Crippen LogP contribution in [-0.4, -0.2) is 5.11 Å². The highest BCUT2D eigenvalue weighted by molar-refractivity contribution is 6.31. The van der Waals surface area contributed by atoms with Gasteiger partial charge < -0.3 is 5.11 Å². The van der Waals surface area contributed by atoms with Gasteiger partial charge in [-0.2, -0.15) is 5.26 Å². The van der Waals surface area contributed by atoms with Crippen molar-refractivity contribution in [3.8, 4) is 11.8 Å². The summed E-state index contributed by atoms with van der Waals surface area (Å²) in [4.78, 5) is 0. The summed E-state index contributed by atoms with van der Waals surface area (Å²) in [5, 5.41) is 17.5. The standard InChI is InChI=1S/C7H4ClNO.C2H6/c8-7-3-6(10)2-1-5(7)4-9;1-2/h1-3,10H;1-2H3.